The largest absolute Gasteiger partial charge is 0.481 e. The van der Waals surface area contributed by atoms with Crippen molar-refractivity contribution in [2.45, 2.75) is 51.4 Å². The first-order valence-electron chi connectivity index (χ1n) is 6.95. The van der Waals surface area contributed by atoms with Gasteiger partial charge in [-0.3, -0.25) is 4.79 Å². The third kappa shape index (κ3) is 6.47. The molecule has 0 radical (unpaired) electrons. The van der Waals surface area contributed by atoms with Gasteiger partial charge >= 0.3 is 12.0 Å². The summed E-state index contributed by atoms with van der Waals surface area (Å²) < 4.78 is 0. The minimum atomic E-state index is -0.747. The summed E-state index contributed by atoms with van der Waals surface area (Å²) in [7, 11) is 0. The lowest BCUT2D eigenvalue weighted by molar-refractivity contribution is -0.137. The van der Waals surface area contributed by atoms with Crippen molar-refractivity contribution in [3.05, 3.63) is 0 Å². The monoisotopic (exact) mass is 256 g/mol. The summed E-state index contributed by atoms with van der Waals surface area (Å²) >= 11 is 0. The van der Waals surface area contributed by atoms with Crippen molar-refractivity contribution in [3.63, 3.8) is 0 Å². The number of carboxylic acids is 1. The zero-order valence-electron chi connectivity index (χ0n) is 11.0. The van der Waals surface area contributed by atoms with E-state index in [-0.39, 0.29) is 12.5 Å². The second-order valence-electron chi connectivity index (χ2n) is 4.84. The molecule has 1 heterocycles. The number of aliphatic carboxylic acids is 1. The molecule has 0 aromatic rings. The number of hydrogen-bond donors (Lipinski definition) is 2. The summed E-state index contributed by atoms with van der Waals surface area (Å²) in [4.78, 5) is 24.0. The average molecular weight is 256 g/mol. The smallest absolute Gasteiger partial charge is 0.317 e. The molecule has 2 amide bonds. The van der Waals surface area contributed by atoms with Gasteiger partial charge in [0.1, 0.15) is 0 Å². The predicted molar refractivity (Wildman–Crippen MR) is 69.5 cm³/mol. The number of nitrogens with zero attached hydrogens (tertiary/aromatic N) is 1. The first-order valence-corrected chi connectivity index (χ1v) is 6.95. The first kappa shape index (κ1) is 14.8. The van der Waals surface area contributed by atoms with Crippen LogP contribution in [0.1, 0.15) is 51.4 Å². The Hall–Kier alpha value is -1.26. The molecule has 1 aliphatic rings. The van der Waals surface area contributed by atoms with E-state index >= 15 is 0 Å². The van der Waals surface area contributed by atoms with Crippen molar-refractivity contribution >= 4 is 12.0 Å². The van der Waals surface area contributed by atoms with Crippen LogP contribution in [0.25, 0.3) is 0 Å². The Morgan fingerprint density at radius 1 is 1.00 bits per heavy atom. The molecule has 0 saturated carbocycles. The number of unbranched alkanes of at least 4 members (excludes halogenated alkanes) is 2. The topological polar surface area (TPSA) is 69.6 Å². The third-order valence-corrected chi connectivity index (χ3v) is 3.24. The molecule has 5 heteroatoms. The lowest BCUT2D eigenvalue weighted by atomic mass is 10.2. The minimum absolute atomic E-state index is 0.0372. The second kappa shape index (κ2) is 8.78. The Labute approximate surface area is 109 Å². The molecule has 0 aromatic carbocycles. The van der Waals surface area contributed by atoms with Crippen LogP contribution in [0.15, 0.2) is 0 Å². The van der Waals surface area contributed by atoms with Crippen molar-refractivity contribution in [3.8, 4) is 0 Å². The highest BCUT2D eigenvalue weighted by Gasteiger charge is 2.14. The number of carbonyl (C=O) groups excluding carboxylic acids is 1. The van der Waals surface area contributed by atoms with Crippen LogP contribution < -0.4 is 5.32 Å². The van der Waals surface area contributed by atoms with Gasteiger partial charge in [0, 0.05) is 26.1 Å². The maximum Gasteiger partial charge on any atom is 0.317 e. The van der Waals surface area contributed by atoms with Gasteiger partial charge in [-0.1, -0.05) is 19.3 Å². The fraction of sp³-hybridized carbons (Fsp3) is 0.846. The van der Waals surface area contributed by atoms with Crippen molar-refractivity contribution in [1.82, 2.24) is 10.2 Å². The molecular weight excluding hydrogens is 232 g/mol. The van der Waals surface area contributed by atoms with Gasteiger partial charge in [-0.2, -0.15) is 0 Å². The van der Waals surface area contributed by atoms with E-state index in [1.807, 2.05) is 4.90 Å². The Bertz CT molecular complexity index is 261. The number of carbonyl (C=O) groups is 2. The van der Waals surface area contributed by atoms with Gasteiger partial charge in [0.25, 0.3) is 0 Å². The molecule has 18 heavy (non-hydrogen) atoms. The first-order chi connectivity index (χ1) is 8.70. The number of carboxylic acid groups (broad SMARTS) is 1. The predicted octanol–water partition coefficient (Wildman–Crippen LogP) is 2.22. The summed E-state index contributed by atoms with van der Waals surface area (Å²) in [5.41, 5.74) is 0. The van der Waals surface area contributed by atoms with E-state index in [2.05, 4.69) is 5.32 Å². The van der Waals surface area contributed by atoms with Crippen LogP contribution in [0, 0.1) is 0 Å². The van der Waals surface area contributed by atoms with E-state index in [1.54, 1.807) is 0 Å². The van der Waals surface area contributed by atoms with Crippen LogP contribution in [0.5, 0.6) is 0 Å². The number of rotatable bonds is 6. The van der Waals surface area contributed by atoms with Gasteiger partial charge in [-0.15, -0.1) is 0 Å². The summed E-state index contributed by atoms with van der Waals surface area (Å²) in [6, 6.07) is 0.0372. The molecular formula is C13H24N2O3. The SMILES string of the molecule is O=C(O)CCCCCNC(=O)N1CCCCCC1. The van der Waals surface area contributed by atoms with Gasteiger partial charge in [-0.25, -0.2) is 4.79 Å². The fourth-order valence-corrected chi connectivity index (χ4v) is 2.16. The Morgan fingerprint density at radius 2 is 1.67 bits per heavy atom. The van der Waals surface area contributed by atoms with Crippen LogP contribution >= 0.6 is 0 Å². The summed E-state index contributed by atoms with van der Waals surface area (Å²) in [5, 5.41) is 11.4. The molecule has 0 bridgehead atoms. The quantitative estimate of drug-likeness (QED) is 0.716. The highest BCUT2D eigenvalue weighted by Crippen LogP contribution is 2.09. The van der Waals surface area contributed by atoms with Gasteiger partial charge in [-0.05, 0) is 25.7 Å². The standard InChI is InChI=1S/C13H24N2O3/c16-12(17)8-4-3-5-9-14-13(18)15-10-6-1-2-7-11-15/h1-11H2,(H,14,18)(H,16,17). The number of hydrogen-bond acceptors (Lipinski definition) is 2. The Balaban J connectivity index is 2.03. The summed E-state index contributed by atoms with van der Waals surface area (Å²) in [5.74, 6) is -0.747. The number of likely N-dealkylation sites (tertiary alicyclic amines) is 1. The molecule has 1 aliphatic heterocycles. The molecule has 0 spiro atoms. The van der Waals surface area contributed by atoms with Crippen molar-refractivity contribution in [1.29, 1.82) is 0 Å². The summed E-state index contributed by atoms with van der Waals surface area (Å²) in [6.07, 6.45) is 7.27. The van der Waals surface area contributed by atoms with Gasteiger partial charge in [0.15, 0.2) is 0 Å². The van der Waals surface area contributed by atoms with E-state index in [4.69, 9.17) is 5.11 Å². The van der Waals surface area contributed by atoms with E-state index in [0.29, 0.717) is 13.0 Å². The molecule has 5 nitrogen and oxygen atoms in total. The van der Waals surface area contributed by atoms with Crippen LogP contribution in [-0.4, -0.2) is 41.6 Å². The number of nitrogens with one attached hydrogen (secondary N) is 1. The maximum atomic E-state index is 11.8. The van der Waals surface area contributed by atoms with E-state index in [0.717, 1.165) is 38.8 Å². The Kier molecular flexibility index (Phi) is 7.22. The molecule has 1 saturated heterocycles. The maximum absolute atomic E-state index is 11.8. The summed E-state index contributed by atoms with van der Waals surface area (Å²) in [6.45, 7) is 2.38. The molecule has 0 aliphatic carbocycles. The minimum Gasteiger partial charge on any atom is -0.481 e. The van der Waals surface area contributed by atoms with Gasteiger partial charge in [0.2, 0.25) is 0 Å². The normalized spacial score (nSPS) is 16.1. The van der Waals surface area contributed by atoms with Crippen molar-refractivity contribution in [2.75, 3.05) is 19.6 Å². The van der Waals surface area contributed by atoms with Crippen LogP contribution in [0.3, 0.4) is 0 Å². The molecule has 1 fully saturated rings. The average Bonchev–Trinajstić information content (AvgIpc) is 2.61. The number of amides is 2. The zero-order valence-corrected chi connectivity index (χ0v) is 11.0. The zero-order chi connectivity index (χ0) is 13.2. The highest BCUT2D eigenvalue weighted by molar-refractivity contribution is 5.74. The molecule has 1 rings (SSSR count). The van der Waals surface area contributed by atoms with Crippen molar-refractivity contribution in [2.24, 2.45) is 0 Å². The second-order valence-corrected chi connectivity index (χ2v) is 4.84. The van der Waals surface area contributed by atoms with Crippen LogP contribution in [0.2, 0.25) is 0 Å². The van der Waals surface area contributed by atoms with E-state index in [9.17, 15) is 9.59 Å². The lowest BCUT2D eigenvalue weighted by Gasteiger charge is -2.20. The third-order valence-electron chi connectivity index (χ3n) is 3.24. The molecule has 0 atom stereocenters. The molecule has 104 valence electrons. The molecule has 0 aromatic heterocycles. The van der Waals surface area contributed by atoms with Crippen LogP contribution in [0.4, 0.5) is 4.79 Å². The van der Waals surface area contributed by atoms with E-state index < -0.39 is 5.97 Å². The van der Waals surface area contributed by atoms with Crippen molar-refractivity contribution < 1.29 is 14.7 Å². The van der Waals surface area contributed by atoms with Crippen LogP contribution in [-0.2, 0) is 4.79 Å². The lowest BCUT2D eigenvalue weighted by Crippen LogP contribution is -2.40. The van der Waals surface area contributed by atoms with Gasteiger partial charge < -0.3 is 15.3 Å². The van der Waals surface area contributed by atoms with E-state index in [1.165, 1.54) is 12.8 Å². The fourth-order valence-electron chi connectivity index (χ4n) is 2.16. The molecule has 2 N–H and O–H groups in total. The molecule has 0 unspecified atom stereocenters. The number of urea groups is 1. The Morgan fingerprint density at radius 3 is 2.28 bits per heavy atom. The van der Waals surface area contributed by atoms with Gasteiger partial charge in [0.05, 0.1) is 0 Å². The highest BCUT2D eigenvalue weighted by atomic mass is 16.4.